The predicted octanol–water partition coefficient (Wildman–Crippen LogP) is 5.23. The monoisotopic (exact) mass is 401 g/mol. The van der Waals surface area contributed by atoms with E-state index in [0.29, 0.717) is 5.82 Å². The second-order valence-electron chi connectivity index (χ2n) is 7.75. The first-order chi connectivity index (χ1) is 14.3. The van der Waals surface area contributed by atoms with Crippen LogP contribution < -0.4 is 0 Å². The van der Waals surface area contributed by atoms with Crippen molar-refractivity contribution >= 4 is 16.9 Å². The first-order valence-corrected chi connectivity index (χ1v) is 9.79. The van der Waals surface area contributed by atoms with Gasteiger partial charge < -0.3 is 10.2 Å². The lowest BCUT2D eigenvalue weighted by atomic mass is 9.92. The zero-order valence-electron chi connectivity index (χ0n) is 17.3. The minimum Gasteiger partial charge on any atom is -0.508 e. The molecule has 2 N–H and O–H groups in total. The van der Waals surface area contributed by atoms with Crippen LogP contribution in [-0.4, -0.2) is 30.7 Å². The molecule has 2 heterocycles. The number of benzene rings is 2. The molecule has 0 fully saturated rings. The minimum absolute atomic E-state index is 0.142. The summed E-state index contributed by atoms with van der Waals surface area (Å²) in [6.45, 7) is 7.99. The molecule has 4 rings (SSSR count). The SMILES string of the molecule is Cc1nccc(-n2c(C(C)C)c(-c3ccc(C(=O)O)cc3C)c3cc(O)ccc32)n1. The number of fused-ring (bicyclic) bond motifs is 1. The Labute approximate surface area is 174 Å². The number of nitrogens with zero attached hydrogens (tertiary/aromatic N) is 3. The number of carboxylic acid groups (broad SMARTS) is 1. The summed E-state index contributed by atoms with van der Waals surface area (Å²) in [5, 5.41) is 20.5. The zero-order chi connectivity index (χ0) is 21.6. The van der Waals surface area contributed by atoms with Crippen LogP contribution in [0.1, 0.15) is 47.2 Å². The molecule has 152 valence electrons. The van der Waals surface area contributed by atoms with E-state index >= 15 is 0 Å². The average Bonchev–Trinajstić information content (AvgIpc) is 3.02. The highest BCUT2D eigenvalue weighted by Gasteiger charge is 2.24. The molecule has 0 radical (unpaired) electrons. The van der Waals surface area contributed by atoms with Crippen LogP contribution in [0.5, 0.6) is 5.75 Å². The predicted molar refractivity (Wildman–Crippen MR) is 116 cm³/mol. The molecular weight excluding hydrogens is 378 g/mol. The van der Waals surface area contributed by atoms with Crippen molar-refractivity contribution in [2.45, 2.75) is 33.6 Å². The van der Waals surface area contributed by atoms with E-state index in [-0.39, 0.29) is 17.2 Å². The van der Waals surface area contributed by atoms with Crippen LogP contribution in [0.2, 0.25) is 0 Å². The van der Waals surface area contributed by atoms with Crippen LogP contribution in [-0.2, 0) is 0 Å². The quantitative estimate of drug-likeness (QED) is 0.489. The molecule has 2 aromatic carbocycles. The van der Waals surface area contributed by atoms with Gasteiger partial charge in [-0.25, -0.2) is 14.8 Å². The number of carbonyl (C=O) groups is 1. The Bertz CT molecular complexity index is 1290. The van der Waals surface area contributed by atoms with Crippen LogP contribution >= 0.6 is 0 Å². The Morgan fingerprint density at radius 1 is 1.07 bits per heavy atom. The third kappa shape index (κ3) is 3.20. The Morgan fingerprint density at radius 3 is 2.47 bits per heavy atom. The second-order valence-corrected chi connectivity index (χ2v) is 7.75. The Kier molecular flexibility index (Phi) is 4.78. The van der Waals surface area contributed by atoms with Gasteiger partial charge in [-0.15, -0.1) is 0 Å². The van der Waals surface area contributed by atoms with Gasteiger partial charge in [0.05, 0.1) is 11.1 Å². The number of aromatic carboxylic acids is 1. The Balaban J connectivity index is 2.13. The van der Waals surface area contributed by atoms with Crippen molar-refractivity contribution in [1.29, 1.82) is 0 Å². The molecule has 30 heavy (non-hydrogen) atoms. The number of rotatable bonds is 4. The maximum absolute atomic E-state index is 11.4. The van der Waals surface area contributed by atoms with Crippen LogP contribution in [0.4, 0.5) is 0 Å². The molecule has 0 aliphatic rings. The summed E-state index contributed by atoms with van der Waals surface area (Å²) in [4.78, 5) is 20.3. The number of aromatic hydroxyl groups is 1. The molecular formula is C24H23N3O3. The van der Waals surface area contributed by atoms with Gasteiger partial charge in [0, 0.05) is 22.8 Å². The molecule has 0 aliphatic heterocycles. The Morgan fingerprint density at radius 2 is 1.83 bits per heavy atom. The van der Waals surface area contributed by atoms with Crippen molar-refractivity contribution in [3.8, 4) is 22.7 Å². The summed E-state index contributed by atoms with van der Waals surface area (Å²) < 4.78 is 2.11. The summed E-state index contributed by atoms with van der Waals surface area (Å²) in [5.41, 5.74) is 4.98. The fourth-order valence-corrected chi connectivity index (χ4v) is 4.02. The molecule has 0 spiro atoms. The number of aromatic nitrogens is 3. The lowest BCUT2D eigenvalue weighted by Gasteiger charge is -2.16. The van der Waals surface area contributed by atoms with Gasteiger partial charge in [-0.2, -0.15) is 0 Å². The number of carboxylic acids is 1. The summed E-state index contributed by atoms with van der Waals surface area (Å²) in [7, 11) is 0. The molecule has 0 saturated carbocycles. The molecule has 0 bridgehead atoms. The zero-order valence-corrected chi connectivity index (χ0v) is 17.3. The fourth-order valence-electron chi connectivity index (χ4n) is 4.02. The molecule has 0 amide bonds. The van der Waals surface area contributed by atoms with Gasteiger partial charge in [0.1, 0.15) is 17.4 Å². The number of hydrogen-bond donors (Lipinski definition) is 2. The number of phenols is 1. The van der Waals surface area contributed by atoms with Crippen molar-refractivity contribution in [3.05, 3.63) is 71.3 Å². The summed E-state index contributed by atoms with van der Waals surface area (Å²) in [6.07, 6.45) is 1.74. The minimum atomic E-state index is -0.953. The third-order valence-corrected chi connectivity index (χ3v) is 5.27. The molecule has 0 saturated heterocycles. The molecule has 0 aliphatic carbocycles. The largest absolute Gasteiger partial charge is 0.508 e. The van der Waals surface area contributed by atoms with E-state index in [9.17, 15) is 15.0 Å². The van der Waals surface area contributed by atoms with Gasteiger partial charge in [0.2, 0.25) is 0 Å². The van der Waals surface area contributed by atoms with E-state index in [1.165, 1.54) is 0 Å². The normalized spacial score (nSPS) is 11.4. The molecule has 0 atom stereocenters. The maximum atomic E-state index is 11.4. The molecule has 6 heteroatoms. The topological polar surface area (TPSA) is 88.2 Å². The molecule has 6 nitrogen and oxygen atoms in total. The number of aryl methyl sites for hydroxylation is 2. The molecule has 2 aromatic heterocycles. The van der Waals surface area contributed by atoms with E-state index < -0.39 is 5.97 Å². The highest BCUT2D eigenvalue weighted by Crippen LogP contribution is 2.42. The summed E-state index contributed by atoms with van der Waals surface area (Å²) in [6, 6.07) is 12.3. The second kappa shape index (κ2) is 7.30. The van der Waals surface area contributed by atoms with Gasteiger partial charge in [0.15, 0.2) is 0 Å². The molecule has 0 unspecified atom stereocenters. The van der Waals surface area contributed by atoms with Crippen LogP contribution in [0, 0.1) is 13.8 Å². The van der Waals surface area contributed by atoms with Crippen molar-refractivity contribution in [1.82, 2.24) is 14.5 Å². The van der Waals surface area contributed by atoms with E-state index in [1.807, 2.05) is 32.0 Å². The fraction of sp³-hybridized carbons (Fsp3) is 0.208. The smallest absolute Gasteiger partial charge is 0.335 e. The van der Waals surface area contributed by atoms with Gasteiger partial charge in [0.25, 0.3) is 0 Å². The maximum Gasteiger partial charge on any atom is 0.335 e. The third-order valence-electron chi connectivity index (χ3n) is 5.27. The highest BCUT2D eigenvalue weighted by atomic mass is 16.4. The van der Waals surface area contributed by atoms with Gasteiger partial charge in [-0.1, -0.05) is 19.9 Å². The van der Waals surface area contributed by atoms with Crippen molar-refractivity contribution in [3.63, 3.8) is 0 Å². The van der Waals surface area contributed by atoms with E-state index in [0.717, 1.165) is 39.1 Å². The highest BCUT2D eigenvalue weighted by molar-refractivity contribution is 6.01. The van der Waals surface area contributed by atoms with Gasteiger partial charge in [-0.05, 0) is 67.3 Å². The summed E-state index contributed by atoms with van der Waals surface area (Å²) in [5.74, 6) is 0.794. The lowest BCUT2D eigenvalue weighted by Crippen LogP contribution is -2.06. The van der Waals surface area contributed by atoms with Gasteiger partial charge >= 0.3 is 5.97 Å². The van der Waals surface area contributed by atoms with Crippen molar-refractivity contribution < 1.29 is 15.0 Å². The van der Waals surface area contributed by atoms with Crippen LogP contribution in [0.25, 0.3) is 27.8 Å². The molecule has 4 aromatic rings. The van der Waals surface area contributed by atoms with Crippen LogP contribution in [0.3, 0.4) is 0 Å². The standard InChI is InChI=1S/C24H23N3O3/c1-13(2)23-22(18-7-5-16(24(29)30)11-14(18)3)19-12-17(28)6-8-20(19)27(23)21-9-10-25-15(4)26-21/h5-13,28H,1-4H3,(H,29,30). The first kappa shape index (κ1) is 19.6. The van der Waals surface area contributed by atoms with Gasteiger partial charge in [-0.3, -0.25) is 4.57 Å². The lowest BCUT2D eigenvalue weighted by molar-refractivity contribution is 0.0697. The summed E-state index contributed by atoms with van der Waals surface area (Å²) >= 11 is 0. The average molecular weight is 401 g/mol. The Hall–Kier alpha value is -3.67. The number of phenolic OH excluding ortho intramolecular Hbond substituents is 1. The van der Waals surface area contributed by atoms with Crippen molar-refractivity contribution in [2.75, 3.05) is 0 Å². The van der Waals surface area contributed by atoms with E-state index in [1.54, 1.807) is 30.5 Å². The van der Waals surface area contributed by atoms with Crippen molar-refractivity contribution in [2.24, 2.45) is 0 Å². The van der Waals surface area contributed by atoms with E-state index in [4.69, 9.17) is 0 Å². The van der Waals surface area contributed by atoms with Crippen LogP contribution in [0.15, 0.2) is 48.7 Å². The first-order valence-electron chi connectivity index (χ1n) is 9.79. The van der Waals surface area contributed by atoms with E-state index in [2.05, 4.69) is 28.4 Å². The number of hydrogen-bond acceptors (Lipinski definition) is 4.